The van der Waals surface area contributed by atoms with E-state index < -0.39 is 0 Å². The highest BCUT2D eigenvalue weighted by Gasteiger charge is 1.79. The molecule has 0 fully saturated rings. The smallest absolute Gasteiger partial charge is 0.0698 e. The van der Waals surface area contributed by atoms with Crippen LogP contribution in [0.4, 0.5) is 0 Å². The lowest BCUT2D eigenvalue weighted by atomic mass is 10.7. The van der Waals surface area contributed by atoms with Gasteiger partial charge in [0.05, 0.1) is 26.4 Å². The van der Waals surface area contributed by atoms with Gasteiger partial charge in [-0.3, -0.25) is 0 Å². The topological polar surface area (TPSA) is 49.7 Å². The number of hydrogen-bond acceptors (Lipinski definition) is 4. The highest BCUT2D eigenvalue weighted by molar-refractivity contribution is 7.99. The molecule has 0 rings (SSSR count). The lowest BCUT2D eigenvalue weighted by molar-refractivity contribution is 0.0650. The summed E-state index contributed by atoms with van der Waals surface area (Å²) >= 11 is 1.96. The Labute approximate surface area is 79.1 Å². The quantitative estimate of drug-likeness (QED) is 0.615. The molecule has 0 aliphatic heterocycles. The van der Waals surface area contributed by atoms with Gasteiger partial charge in [0, 0.05) is 0 Å². The van der Waals surface area contributed by atoms with E-state index >= 15 is 0 Å². The average Bonchev–Trinajstić information content (AvgIpc) is 2.08. The van der Waals surface area contributed by atoms with Gasteiger partial charge in [0.25, 0.3) is 0 Å². The van der Waals surface area contributed by atoms with Crippen LogP contribution in [-0.4, -0.2) is 48.1 Å². The molecule has 76 valence electrons. The predicted octanol–water partition coefficient (Wildman–Crippen LogP) is 0.747. The van der Waals surface area contributed by atoms with Crippen LogP contribution in [-0.2, 0) is 4.74 Å². The van der Waals surface area contributed by atoms with Crippen LogP contribution in [0.15, 0.2) is 0 Å². The molecular formula is C8H20O3S. The van der Waals surface area contributed by atoms with E-state index in [1.54, 1.807) is 0 Å². The first kappa shape index (κ1) is 14.7. The van der Waals surface area contributed by atoms with Gasteiger partial charge in [-0.25, -0.2) is 0 Å². The number of rotatable bonds is 6. The maximum absolute atomic E-state index is 8.09. The zero-order valence-corrected chi connectivity index (χ0v) is 8.77. The highest BCUT2D eigenvalue weighted by Crippen LogP contribution is 1.93. The lowest BCUT2D eigenvalue weighted by Crippen LogP contribution is -2.03. The fourth-order valence-electron chi connectivity index (χ4n) is 0.435. The van der Waals surface area contributed by atoms with E-state index in [2.05, 4.69) is 18.6 Å². The Hall–Kier alpha value is 0.230. The van der Waals surface area contributed by atoms with Gasteiger partial charge < -0.3 is 14.9 Å². The average molecular weight is 196 g/mol. The van der Waals surface area contributed by atoms with Crippen LogP contribution in [0, 0.1) is 0 Å². The maximum Gasteiger partial charge on any atom is 0.0698 e. The van der Waals surface area contributed by atoms with E-state index in [0.29, 0.717) is 13.2 Å². The third kappa shape index (κ3) is 22.5. The monoisotopic (exact) mass is 196 g/mol. The molecule has 12 heavy (non-hydrogen) atoms. The van der Waals surface area contributed by atoms with Gasteiger partial charge in [-0.1, -0.05) is 13.8 Å². The van der Waals surface area contributed by atoms with E-state index in [0.717, 1.165) is 0 Å². The summed E-state index contributed by atoms with van der Waals surface area (Å²) in [6, 6.07) is 0. The molecule has 0 radical (unpaired) electrons. The largest absolute Gasteiger partial charge is 0.394 e. The third-order valence-electron chi connectivity index (χ3n) is 0.879. The molecule has 2 N–H and O–H groups in total. The van der Waals surface area contributed by atoms with E-state index in [1.165, 1.54) is 11.5 Å². The molecule has 0 atom stereocenters. The van der Waals surface area contributed by atoms with Gasteiger partial charge in [0.2, 0.25) is 0 Å². The standard InChI is InChI=1S/C4H10O3.C4H10S/c5-1-3-7-4-2-6;1-3-5-4-2/h5-6H,1-4H2;3-4H2,1-2H3. The summed E-state index contributed by atoms with van der Waals surface area (Å²) in [5.41, 5.74) is 0. The van der Waals surface area contributed by atoms with Crippen molar-refractivity contribution in [2.75, 3.05) is 37.9 Å². The molecule has 0 spiro atoms. The van der Waals surface area contributed by atoms with Gasteiger partial charge in [0.15, 0.2) is 0 Å². The molecule has 4 heteroatoms. The number of hydrogen-bond donors (Lipinski definition) is 2. The Balaban J connectivity index is 0. The van der Waals surface area contributed by atoms with Crippen molar-refractivity contribution < 1.29 is 14.9 Å². The normalized spacial score (nSPS) is 9.00. The zero-order chi connectivity index (χ0) is 9.66. The molecule has 0 aromatic heterocycles. The van der Waals surface area contributed by atoms with Gasteiger partial charge in [-0.2, -0.15) is 11.8 Å². The van der Waals surface area contributed by atoms with Crippen LogP contribution >= 0.6 is 11.8 Å². The third-order valence-corrected chi connectivity index (χ3v) is 1.70. The lowest BCUT2D eigenvalue weighted by Gasteiger charge is -1.94. The molecule has 0 unspecified atom stereocenters. The Morgan fingerprint density at radius 2 is 1.42 bits per heavy atom. The number of aliphatic hydroxyl groups is 2. The van der Waals surface area contributed by atoms with Crippen molar-refractivity contribution in [3.8, 4) is 0 Å². The van der Waals surface area contributed by atoms with E-state index in [4.69, 9.17) is 10.2 Å². The summed E-state index contributed by atoms with van der Waals surface area (Å²) in [7, 11) is 0. The molecule has 0 aliphatic carbocycles. The van der Waals surface area contributed by atoms with Crippen molar-refractivity contribution in [2.24, 2.45) is 0 Å². The minimum Gasteiger partial charge on any atom is -0.394 e. The second-order valence-electron chi connectivity index (χ2n) is 1.84. The second kappa shape index (κ2) is 17.4. The Bertz CT molecular complexity index is 56.3. The molecule has 0 saturated heterocycles. The van der Waals surface area contributed by atoms with E-state index in [9.17, 15) is 0 Å². The van der Waals surface area contributed by atoms with Crippen LogP contribution in [0.3, 0.4) is 0 Å². The van der Waals surface area contributed by atoms with Crippen molar-refractivity contribution in [3.05, 3.63) is 0 Å². The van der Waals surface area contributed by atoms with Crippen LogP contribution in [0.2, 0.25) is 0 Å². The number of aliphatic hydroxyl groups excluding tert-OH is 2. The molecule has 0 aliphatic rings. The number of ether oxygens (including phenoxy) is 1. The summed E-state index contributed by atoms with van der Waals surface area (Å²) in [4.78, 5) is 0. The predicted molar refractivity (Wildman–Crippen MR) is 53.7 cm³/mol. The SMILES string of the molecule is CCSCC.OCCOCCO. The Kier molecular flexibility index (Phi) is 21.3. The maximum atomic E-state index is 8.09. The first-order chi connectivity index (χ1) is 5.83. The molecule has 0 bridgehead atoms. The van der Waals surface area contributed by atoms with Gasteiger partial charge in [-0.05, 0) is 11.5 Å². The van der Waals surface area contributed by atoms with Crippen LogP contribution in [0.1, 0.15) is 13.8 Å². The van der Waals surface area contributed by atoms with Gasteiger partial charge >= 0.3 is 0 Å². The van der Waals surface area contributed by atoms with E-state index in [1.807, 2.05) is 11.8 Å². The Morgan fingerprint density at radius 1 is 1.00 bits per heavy atom. The molecule has 0 saturated carbocycles. The van der Waals surface area contributed by atoms with Crippen molar-refractivity contribution in [1.82, 2.24) is 0 Å². The summed E-state index contributed by atoms with van der Waals surface area (Å²) in [6.45, 7) is 5.05. The van der Waals surface area contributed by atoms with E-state index in [-0.39, 0.29) is 13.2 Å². The van der Waals surface area contributed by atoms with Crippen molar-refractivity contribution in [3.63, 3.8) is 0 Å². The summed E-state index contributed by atoms with van der Waals surface area (Å²) in [5.74, 6) is 2.52. The van der Waals surface area contributed by atoms with Gasteiger partial charge in [-0.15, -0.1) is 0 Å². The minimum absolute atomic E-state index is 0.0278. The fraction of sp³-hybridized carbons (Fsp3) is 1.00. The van der Waals surface area contributed by atoms with Crippen molar-refractivity contribution in [2.45, 2.75) is 13.8 Å². The number of thioether (sulfide) groups is 1. The zero-order valence-electron chi connectivity index (χ0n) is 7.95. The molecule has 3 nitrogen and oxygen atoms in total. The summed E-state index contributed by atoms with van der Waals surface area (Å²) in [6.07, 6.45) is 0. The molecule has 0 amide bonds. The first-order valence-electron chi connectivity index (χ1n) is 4.20. The van der Waals surface area contributed by atoms with Gasteiger partial charge in [0.1, 0.15) is 0 Å². The van der Waals surface area contributed by atoms with Crippen LogP contribution in [0.25, 0.3) is 0 Å². The molecule has 0 aromatic rings. The Morgan fingerprint density at radius 3 is 1.58 bits per heavy atom. The van der Waals surface area contributed by atoms with Crippen LogP contribution < -0.4 is 0 Å². The molecular weight excluding hydrogens is 176 g/mol. The highest BCUT2D eigenvalue weighted by atomic mass is 32.2. The first-order valence-corrected chi connectivity index (χ1v) is 5.36. The second-order valence-corrected chi connectivity index (χ2v) is 3.40. The molecule has 0 heterocycles. The summed E-state index contributed by atoms with van der Waals surface area (Å²) in [5, 5.41) is 16.2. The fourth-order valence-corrected chi connectivity index (χ4v) is 0.844. The van der Waals surface area contributed by atoms with Crippen molar-refractivity contribution in [1.29, 1.82) is 0 Å². The van der Waals surface area contributed by atoms with Crippen molar-refractivity contribution >= 4 is 11.8 Å². The summed E-state index contributed by atoms with van der Waals surface area (Å²) < 4.78 is 4.63. The minimum atomic E-state index is 0.0278. The molecule has 0 aromatic carbocycles. The van der Waals surface area contributed by atoms with Crippen LogP contribution in [0.5, 0.6) is 0 Å².